The molecule has 0 atom stereocenters. The second-order valence-corrected chi connectivity index (χ2v) is 7.90. The van der Waals surface area contributed by atoms with Crippen molar-refractivity contribution in [3.8, 4) is 0 Å². The van der Waals surface area contributed by atoms with Gasteiger partial charge in [-0.1, -0.05) is 12.1 Å². The highest BCUT2D eigenvalue weighted by Crippen LogP contribution is 2.23. The molecule has 156 valence electrons. The molecule has 29 heavy (non-hydrogen) atoms. The zero-order valence-corrected chi connectivity index (χ0v) is 18.1. The molecule has 2 aromatic rings. The van der Waals surface area contributed by atoms with E-state index in [2.05, 4.69) is 41.9 Å². The van der Waals surface area contributed by atoms with Crippen molar-refractivity contribution in [2.24, 2.45) is 0 Å². The minimum absolute atomic E-state index is 0.00471. The molecule has 0 bridgehead atoms. The third kappa shape index (κ3) is 4.37. The number of benzene rings is 1. The monoisotopic (exact) mass is 398 g/mol. The summed E-state index contributed by atoms with van der Waals surface area (Å²) < 4.78 is 5.16. The Bertz CT molecular complexity index is 908. The highest BCUT2D eigenvalue weighted by molar-refractivity contribution is 6.08. The Morgan fingerprint density at radius 2 is 1.72 bits per heavy atom. The summed E-state index contributed by atoms with van der Waals surface area (Å²) in [7, 11) is 0. The van der Waals surface area contributed by atoms with Crippen LogP contribution in [0.15, 0.2) is 18.2 Å². The second-order valence-electron chi connectivity index (χ2n) is 7.90. The van der Waals surface area contributed by atoms with Crippen molar-refractivity contribution < 1.29 is 19.2 Å². The number of ether oxygens (including phenoxy) is 1. The van der Waals surface area contributed by atoms with Gasteiger partial charge in [-0.25, -0.2) is 4.79 Å². The number of nitrogens with one attached hydrogen (secondary N) is 2. The van der Waals surface area contributed by atoms with Crippen molar-refractivity contribution in [2.45, 2.75) is 34.6 Å². The smallest absolute Gasteiger partial charge is 0.340 e. The Kier molecular flexibility index (Phi) is 6.42. The third-order valence-corrected chi connectivity index (χ3v) is 5.93. The SMILES string of the molecule is CCOC(=O)c1c(C)[nH]c(C)c1C(=O)C[NH+]1CCN(c2cccc(C)c2C)CC1. The van der Waals surface area contributed by atoms with Gasteiger partial charge in [0.2, 0.25) is 5.78 Å². The number of aryl methyl sites for hydroxylation is 3. The van der Waals surface area contributed by atoms with E-state index in [1.807, 2.05) is 13.8 Å². The molecule has 0 amide bonds. The summed E-state index contributed by atoms with van der Waals surface area (Å²) in [6.45, 7) is 14.1. The highest BCUT2D eigenvalue weighted by Gasteiger charge is 2.29. The van der Waals surface area contributed by atoms with Gasteiger partial charge >= 0.3 is 5.97 Å². The van der Waals surface area contributed by atoms with Gasteiger partial charge in [0.15, 0.2) is 0 Å². The van der Waals surface area contributed by atoms with E-state index in [1.54, 1.807) is 6.92 Å². The van der Waals surface area contributed by atoms with E-state index in [0.29, 0.717) is 30.0 Å². The maximum atomic E-state index is 13.1. The predicted octanol–water partition coefficient (Wildman–Crippen LogP) is 2.01. The normalized spacial score (nSPS) is 14.9. The summed E-state index contributed by atoms with van der Waals surface area (Å²) in [5, 5.41) is 0. The molecule has 2 N–H and O–H groups in total. The summed E-state index contributed by atoms with van der Waals surface area (Å²) in [4.78, 5) is 32.2. The number of anilines is 1. The van der Waals surface area contributed by atoms with Crippen LogP contribution < -0.4 is 9.80 Å². The first-order chi connectivity index (χ1) is 13.8. The fourth-order valence-corrected chi connectivity index (χ4v) is 4.22. The summed E-state index contributed by atoms with van der Waals surface area (Å²) in [6, 6.07) is 6.42. The number of esters is 1. The van der Waals surface area contributed by atoms with Crippen molar-refractivity contribution >= 4 is 17.4 Å². The fourth-order valence-electron chi connectivity index (χ4n) is 4.22. The van der Waals surface area contributed by atoms with Gasteiger partial charge in [0.1, 0.15) is 6.54 Å². The van der Waals surface area contributed by atoms with Gasteiger partial charge < -0.3 is 19.5 Å². The van der Waals surface area contributed by atoms with Crippen LogP contribution in [0.1, 0.15) is 50.2 Å². The van der Waals surface area contributed by atoms with Crippen molar-refractivity contribution in [3.05, 3.63) is 51.8 Å². The zero-order valence-electron chi connectivity index (χ0n) is 18.1. The van der Waals surface area contributed by atoms with Crippen molar-refractivity contribution in [2.75, 3.05) is 44.2 Å². The number of Topliss-reactive ketones (excluding diaryl/α,β-unsaturated/α-hetero) is 1. The van der Waals surface area contributed by atoms with Crippen LogP contribution in [0.5, 0.6) is 0 Å². The maximum absolute atomic E-state index is 13.1. The van der Waals surface area contributed by atoms with Crippen molar-refractivity contribution in [1.29, 1.82) is 0 Å². The number of ketones is 1. The van der Waals surface area contributed by atoms with Crippen molar-refractivity contribution in [1.82, 2.24) is 4.98 Å². The Morgan fingerprint density at radius 3 is 2.38 bits per heavy atom. The molecule has 0 aliphatic carbocycles. The quantitative estimate of drug-likeness (QED) is 0.577. The first kappa shape index (κ1) is 21.1. The van der Waals surface area contributed by atoms with Gasteiger partial charge in [-0.05, 0) is 51.8 Å². The number of nitrogens with zero attached hydrogens (tertiary/aromatic N) is 1. The lowest BCUT2D eigenvalue weighted by molar-refractivity contribution is -0.892. The second kappa shape index (κ2) is 8.82. The minimum atomic E-state index is -0.424. The standard InChI is InChI=1S/C23H31N3O3/c1-6-29-23(28)22-18(5)24-17(4)21(22)20(27)14-25-10-12-26(13-11-25)19-9-7-8-15(2)16(19)3/h7-9,24H,6,10-14H2,1-5H3/p+1. The van der Waals surface area contributed by atoms with E-state index in [-0.39, 0.29) is 5.78 Å². The molecule has 3 rings (SSSR count). The molecule has 1 aromatic heterocycles. The molecule has 6 nitrogen and oxygen atoms in total. The number of aromatic amines is 1. The average Bonchev–Trinajstić information content (AvgIpc) is 2.99. The molecule has 0 unspecified atom stereocenters. The maximum Gasteiger partial charge on any atom is 0.340 e. The van der Waals surface area contributed by atoms with Gasteiger partial charge in [0.25, 0.3) is 0 Å². The number of rotatable bonds is 6. The Hall–Kier alpha value is -2.60. The molecule has 2 heterocycles. The van der Waals surface area contributed by atoms with E-state index in [9.17, 15) is 9.59 Å². The Morgan fingerprint density at radius 1 is 1.07 bits per heavy atom. The van der Waals surface area contributed by atoms with Crippen LogP contribution >= 0.6 is 0 Å². The summed E-state index contributed by atoms with van der Waals surface area (Å²) in [6.07, 6.45) is 0. The van der Waals surface area contributed by atoms with Gasteiger partial charge in [0, 0.05) is 17.1 Å². The molecule has 1 aliphatic heterocycles. The highest BCUT2D eigenvalue weighted by atomic mass is 16.5. The van der Waals surface area contributed by atoms with Crippen LogP contribution in [0, 0.1) is 27.7 Å². The third-order valence-electron chi connectivity index (χ3n) is 5.93. The molecule has 0 saturated carbocycles. The lowest BCUT2D eigenvalue weighted by atomic mass is 10.0. The summed E-state index contributed by atoms with van der Waals surface area (Å²) >= 11 is 0. The van der Waals surface area contributed by atoms with Crippen LogP contribution in [-0.4, -0.2) is 56.1 Å². The molecule has 1 saturated heterocycles. The molecule has 0 radical (unpaired) electrons. The van der Waals surface area contributed by atoms with Gasteiger partial charge in [-0.15, -0.1) is 0 Å². The van der Waals surface area contributed by atoms with Crippen LogP contribution in [0.4, 0.5) is 5.69 Å². The van der Waals surface area contributed by atoms with Gasteiger partial charge in [0.05, 0.1) is 43.9 Å². The molecule has 6 heteroatoms. The van der Waals surface area contributed by atoms with E-state index >= 15 is 0 Å². The Labute approximate surface area is 172 Å². The number of quaternary nitrogens is 1. The summed E-state index contributed by atoms with van der Waals surface area (Å²) in [5.41, 5.74) is 6.23. The van der Waals surface area contributed by atoms with E-state index < -0.39 is 5.97 Å². The largest absolute Gasteiger partial charge is 0.462 e. The lowest BCUT2D eigenvalue weighted by Gasteiger charge is -2.34. The van der Waals surface area contributed by atoms with E-state index in [0.717, 1.165) is 31.9 Å². The van der Waals surface area contributed by atoms with Crippen LogP contribution in [0.3, 0.4) is 0 Å². The fraction of sp³-hybridized carbons (Fsp3) is 0.478. The zero-order chi connectivity index (χ0) is 21.1. The predicted molar refractivity (Wildman–Crippen MR) is 114 cm³/mol. The van der Waals surface area contributed by atoms with Gasteiger partial charge in [-0.2, -0.15) is 0 Å². The van der Waals surface area contributed by atoms with E-state index in [1.165, 1.54) is 21.7 Å². The van der Waals surface area contributed by atoms with Crippen LogP contribution in [-0.2, 0) is 4.74 Å². The molecular weight excluding hydrogens is 366 g/mol. The summed E-state index contributed by atoms with van der Waals surface area (Å²) in [5.74, 6) is -0.419. The molecular formula is C23H32N3O3+. The number of carbonyl (C=O) groups excluding carboxylic acids is 2. The number of hydrogen-bond acceptors (Lipinski definition) is 4. The number of H-pyrrole nitrogens is 1. The van der Waals surface area contributed by atoms with Crippen LogP contribution in [0.2, 0.25) is 0 Å². The average molecular weight is 399 g/mol. The molecule has 1 aromatic carbocycles. The van der Waals surface area contributed by atoms with Gasteiger partial charge in [-0.3, -0.25) is 4.79 Å². The lowest BCUT2D eigenvalue weighted by Crippen LogP contribution is -3.15. The number of aromatic nitrogens is 1. The molecule has 0 spiro atoms. The topological polar surface area (TPSA) is 66.8 Å². The first-order valence-electron chi connectivity index (χ1n) is 10.4. The number of piperazine rings is 1. The Balaban J connectivity index is 1.68. The number of hydrogen-bond donors (Lipinski definition) is 2. The minimum Gasteiger partial charge on any atom is -0.462 e. The van der Waals surface area contributed by atoms with Crippen LogP contribution in [0.25, 0.3) is 0 Å². The molecule has 1 fully saturated rings. The van der Waals surface area contributed by atoms with Crippen molar-refractivity contribution in [3.63, 3.8) is 0 Å². The first-order valence-corrected chi connectivity index (χ1v) is 10.4. The molecule has 1 aliphatic rings. The number of carbonyl (C=O) groups is 2. The van der Waals surface area contributed by atoms with E-state index in [4.69, 9.17) is 4.74 Å².